The van der Waals surface area contributed by atoms with Crippen LogP contribution in [0.3, 0.4) is 0 Å². The van der Waals surface area contributed by atoms with Gasteiger partial charge in [-0.05, 0) is 69.9 Å². The maximum Gasteiger partial charge on any atom is 0.161 e. The second-order valence-corrected chi connectivity index (χ2v) is 8.89. The lowest BCUT2D eigenvalue weighted by molar-refractivity contribution is 0.0608. The number of thiazole rings is 1. The van der Waals surface area contributed by atoms with E-state index in [-0.39, 0.29) is 6.61 Å². The highest BCUT2D eigenvalue weighted by molar-refractivity contribution is 7.09. The van der Waals surface area contributed by atoms with Crippen molar-refractivity contribution in [3.63, 3.8) is 0 Å². The summed E-state index contributed by atoms with van der Waals surface area (Å²) in [6.45, 7) is 6.89. The summed E-state index contributed by atoms with van der Waals surface area (Å²) in [5.41, 5.74) is 4.21. The Balaban J connectivity index is 1.42. The predicted molar refractivity (Wildman–Crippen MR) is 122 cm³/mol. The van der Waals surface area contributed by atoms with Gasteiger partial charge in [-0.3, -0.25) is 0 Å². The predicted octanol–water partition coefficient (Wildman–Crippen LogP) is 3.41. The van der Waals surface area contributed by atoms with Crippen LogP contribution in [-0.4, -0.2) is 61.0 Å². The second-order valence-electron chi connectivity index (χ2n) is 7.95. The summed E-state index contributed by atoms with van der Waals surface area (Å²) in [4.78, 5) is 8.00. The van der Waals surface area contributed by atoms with E-state index in [1.807, 2.05) is 17.6 Å². The SMILES string of the molecule is COc1ccc(CNCCCc2scnc2C)cc1OC[C@@H](O)CN1CCCCC1. The second kappa shape index (κ2) is 12.2. The van der Waals surface area contributed by atoms with Crippen LogP contribution in [0.25, 0.3) is 0 Å². The molecular formula is C23H35N3O3S. The zero-order valence-electron chi connectivity index (χ0n) is 18.2. The molecule has 1 atom stereocenters. The monoisotopic (exact) mass is 433 g/mol. The minimum Gasteiger partial charge on any atom is -0.493 e. The lowest BCUT2D eigenvalue weighted by atomic mass is 10.1. The molecule has 0 unspecified atom stereocenters. The van der Waals surface area contributed by atoms with Crippen LogP contribution in [0.15, 0.2) is 23.7 Å². The molecule has 1 aromatic carbocycles. The van der Waals surface area contributed by atoms with Crippen molar-refractivity contribution >= 4 is 11.3 Å². The standard InChI is InChI=1S/C23H35N3O3S/c1-18-23(30-17-25-18)7-6-10-24-14-19-8-9-21(28-2)22(13-19)29-16-20(27)15-26-11-4-3-5-12-26/h8-9,13,17,20,24,27H,3-7,10-12,14-16H2,1-2H3/t20-/m0/s1. The van der Waals surface area contributed by atoms with Crippen LogP contribution >= 0.6 is 11.3 Å². The summed E-state index contributed by atoms with van der Waals surface area (Å²) in [6.07, 6.45) is 5.40. The first kappa shape index (κ1) is 23.0. The number of methoxy groups -OCH3 is 1. The number of aryl methyl sites for hydroxylation is 2. The van der Waals surface area contributed by atoms with Gasteiger partial charge in [0, 0.05) is 18.0 Å². The Kier molecular flexibility index (Phi) is 9.39. The highest BCUT2D eigenvalue weighted by Gasteiger charge is 2.16. The largest absolute Gasteiger partial charge is 0.493 e. The average molecular weight is 434 g/mol. The Morgan fingerprint density at radius 2 is 2.07 bits per heavy atom. The fraction of sp³-hybridized carbons (Fsp3) is 0.609. The number of piperidine rings is 1. The molecule has 0 amide bonds. The van der Waals surface area contributed by atoms with E-state index in [0.29, 0.717) is 18.0 Å². The number of ether oxygens (including phenoxy) is 2. The Morgan fingerprint density at radius 3 is 2.80 bits per heavy atom. The molecule has 0 saturated carbocycles. The summed E-state index contributed by atoms with van der Waals surface area (Å²) < 4.78 is 11.4. The number of hydrogen-bond acceptors (Lipinski definition) is 7. The number of likely N-dealkylation sites (tertiary alicyclic amines) is 1. The van der Waals surface area contributed by atoms with Gasteiger partial charge in [0.25, 0.3) is 0 Å². The first-order valence-electron chi connectivity index (χ1n) is 11.0. The lowest BCUT2D eigenvalue weighted by Gasteiger charge is -2.28. The van der Waals surface area contributed by atoms with E-state index in [1.54, 1.807) is 18.4 Å². The summed E-state index contributed by atoms with van der Waals surface area (Å²) in [5.74, 6) is 1.39. The molecule has 30 heavy (non-hydrogen) atoms. The van der Waals surface area contributed by atoms with Crippen LogP contribution < -0.4 is 14.8 Å². The van der Waals surface area contributed by atoms with Crippen molar-refractivity contribution in [2.24, 2.45) is 0 Å². The fourth-order valence-electron chi connectivity index (χ4n) is 3.80. The molecule has 6 nitrogen and oxygen atoms in total. The van der Waals surface area contributed by atoms with Gasteiger partial charge in [-0.1, -0.05) is 12.5 Å². The summed E-state index contributed by atoms with van der Waals surface area (Å²) in [5, 5.41) is 13.9. The van der Waals surface area contributed by atoms with Crippen LogP contribution in [-0.2, 0) is 13.0 Å². The van der Waals surface area contributed by atoms with E-state index >= 15 is 0 Å². The molecule has 1 aromatic heterocycles. The third-order valence-electron chi connectivity index (χ3n) is 5.51. The molecule has 0 bridgehead atoms. The number of nitrogens with one attached hydrogen (secondary N) is 1. The molecule has 2 aromatic rings. The molecule has 1 aliphatic heterocycles. The summed E-state index contributed by atoms with van der Waals surface area (Å²) in [6, 6.07) is 5.99. The maximum atomic E-state index is 10.4. The van der Waals surface area contributed by atoms with Crippen LogP contribution in [0.1, 0.15) is 41.8 Å². The van der Waals surface area contributed by atoms with Gasteiger partial charge in [0.1, 0.15) is 12.7 Å². The highest BCUT2D eigenvalue weighted by atomic mass is 32.1. The minimum absolute atomic E-state index is 0.276. The van der Waals surface area contributed by atoms with Gasteiger partial charge < -0.3 is 24.8 Å². The Labute approximate surface area is 184 Å². The van der Waals surface area contributed by atoms with Gasteiger partial charge in [0.15, 0.2) is 11.5 Å². The van der Waals surface area contributed by atoms with Crippen molar-refractivity contribution < 1.29 is 14.6 Å². The first-order valence-corrected chi connectivity index (χ1v) is 11.8. The van der Waals surface area contributed by atoms with E-state index in [4.69, 9.17) is 9.47 Å². The Hall–Kier alpha value is -1.67. The number of aliphatic hydroxyl groups excluding tert-OH is 1. The molecular weight excluding hydrogens is 398 g/mol. The highest BCUT2D eigenvalue weighted by Crippen LogP contribution is 2.28. The first-order chi connectivity index (χ1) is 14.7. The van der Waals surface area contributed by atoms with Crippen molar-refractivity contribution in [2.45, 2.75) is 51.7 Å². The zero-order chi connectivity index (χ0) is 21.2. The smallest absolute Gasteiger partial charge is 0.161 e. The molecule has 2 heterocycles. The van der Waals surface area contributed by atoms with E-state index < -0.39 is 6.10 Å². The third kappa shape index (κ3) is 7.23. The quantitative estimate of drug-likeness (QED) is 0.500. The fourth-order valence-corrected chi connectivity index (χ4v) is 4.62. The van der Waals surface area contributed by atoms with Crippen molar-refractivity contribution in [1.82, 2.24) is 15.2 Å². The molecule has 1 fully saturated rings. The van der Waals surface area contributed by atoms with Gasteiger partial charge in [-0.15, -0.1) is 11.3 Å². The molecule has 0 aliphatic carbocycles. The third-order valence-corrected chi connectivity index (χ3v) is 6.50. The van der Waals surface area contributed by atoms with E-state index in [9.17, 15) is 5.11 Å². The van der Waals surface area contributed by atoms with E-state index in [1.165, 1.54) is 24.1 Å². The number of β-amino-alcohol motifs (C(OH)–C–C–N with tert-alkyl or cyclic N) is 1. The number of hydrogen-bond donors (Lipinski definition) is 2. The van der Waals surface area contributed by atoms with Gasteiger partial charge >= 0.3 is 0 Å². The number of nitrogens with zero attached hydrogens (tertiary/aromatic N) is 2. The molecule has 7 heteroatoms. The van der Waals surface area contributed by atoms with Crippen molar-refractivity contribution in [3.05, 3.63) is 39.8 Å². The number of aliphatic hydroxyl groups is 1. The number of benzene rings is 1. The summed E-state index contributed by atoms with van der Waals surface area (Å²) in [7, 11) is 1.64. The molecule has 0 spiro atoms. The van der Waals surface area contributed by atoms with Crippen LogP contribution in [0, 0.1) is 6.92 Å². The molecule has 2 N–H and O–H groups in total. The van der Waals surface area contributed by atoms with Gasteiger partial charge in [-0.2, -0.15) is 0 Å². The summed E-state index contributed by atoms with van der Waals surface area (Å²) >= 11 is 1.74. The van der Waals surface area contributed by atoms with Crippen LogP contribution in [0.4, 0.5) is 0 Å². The minimum atomic E-state index is -0.496. The van der Waals surface area contributed by atoms with Crippen LogP contribution in [0.2, 0.25) is 0 Å². The maximum absolute atomic E-state index is 10.4. The Morgan fingerprint density at radius 1 is 1.23 bits per heavy atom. The van der Waals surface area contributed by atoms with Gasteiger partial charge in [0.05, 0.1) is 18.3 Å². The molecule has 1 saturated heterocycles. The van der Waals surface area contributed by atoms with Crippen molar-refractivity contribution in [1.29, 1.82) is 0 Å². The zero-order valence-corrected chi connectivity index (χ0v) is 19.0. The number of rotatable bonds is 12. The lowest BCUT2D eigenvalue weighted by Crippen LogP contribution is -2.38. The number of aromatic nitrogens is 1. The molecule has 166 valence electrons. The normalized spacial score (nSPS) is 15.8. The van der Waals surface area contributed by atoms with Crippen molar-refractivity contribution in [3.8, 4) is 11.5 Å². The van der Waals surface area contributed by atoms with E-state index in [2.05, 4.69) is 28.2 Å². The molecule has 1 aliphatic rings. The van der Waals surface area contributed by atoms with Crippen molar-refractivity contribution in [2.75, 3.05) is 39.9 Å². The topological polar surface area (TPSA) is 66.8 Å². The van der Waals surface area contributed by atoms with Crippen LogP contribution in [0.5, 0.6) is 11.5 Å². The van der Waals surface area contributed by atoms with Gasteiger partial charge in [0.2, 0.25) is 0 Å². The molecule has 3 rings (SSSR count). The van der Waals surface area contributed by atoms with E-state index in [0.717, 1.165) is 50.3 Å². The Bertz CT molecular complexity index is 762. The molecule has 0 radical (unpaired) electrons. The van der Waals surface area contributed by atoms with Gasteiger partial charge in [-0.25, -0.2) is 4.98 Å². The average Bonchev–Trinajstić information content (AvgIpc) is 3.17.